The Kier molecular flexibility index (Phi) is 5.93. The minimum Gasteiger partial charge on any atom is -0.406 e. The molecule has 0 aromatic carbocycles. The van der Waals surface area contributed by atoms with Gasteiger partial charge in [0.2, 0.25) is 5.89 Å². The first-order chi connectivity index (χ1) is 8.19. The Morgan fingerprint density at radius 3 is 2.82 bits per heavy atom. The van der Waals surface area contributed by atoms with Crippen LogP contribution in [-0.2, 0) is 4.74 Å². The number of nitrogens with one attached hydrogen (secondary N) is 1. The molecule has 1 N–H and O–H groups in total. The summed E-state index contributed by atoms with van der Waals surface area (Å²) in [6.45, 7) is 9.02. The van der Waals surface area contributed by atoms with Crippen LogP contribution in [0.3, 0.4) is 0 Å². The number of likely N-dealkylation sites (N-methyl/N-ethyl adjacent to an activating group) is 1. The SMILES string of the molecule is CCNC(C)c1nnc(N(C)CCOCC)o1. The molecule has 1 heterocycles. The van der Waals surface area contributed by atoms with Gasteiger partial charge in [0.05, 0.1) is 12.6 Å². The fourth-order valence-electron chi connectivity index (χ4n) is 1.39. The zero-order chi connectivity index (χ0) is 12.7. The van der Waals surface area contributed by atoms with Crippen LogP contribution in [0.25, 0.3) is 0 Å². The van der Waals surface area contributed by atoms with E-state index in [0.29, 0.717) is 18.5 Å². The van der Waals surface area contributed by atoms with Crippen molar-refractivity contribution in [3.05, 3.63) is 5.89 Å². The van der Waals surface area contributed by atoms with Crippen molar-refractivity contribution in [2.45, 2.75) is 26.8 Å². The second kappa shape index (κ2) is 7.24. The molecule has 0 spiro atoms. The summed E-state index contributed by atoms with van der Waals surface area (Å²) in [4.78, 5) is 1.89. The summed E-state index contributed by atoms with van der Waals surface area (Å²) in [5.41, 5.74) is 0. The largest absolute Gasteiger partial charge is 0.406 e. The minimum absolute atomic E-state index is 0.0848. The maximum Gasteiger partial charge on any atom is 0.318 e. The quantitative estimate of drug-likeness (QED) is 0.691. The Morgan fingerprint density at radius 2 is 2.18 bits per heavy atom. The molecule has 1 rings (SSSR count). The molecule has 6 nitrogen and oxygen atoms in total. The average molecular weight is 242 g/mol. The molecule has 0 saturated carbocycles. The van der Waals surface area contributed by atoms with Gasteiger partial charge < -0.3 is 19.4 Å². The third kappa shape index (κ3) is 4.32. The summed E-state index contributed by atoms with van der Waals surface area (Å²) in [5.74, 6) is 0.616. The number of rotatable bonds is 8. The lowest BCUT2D eigenvalue weighted by atomic mass is 10.3. The van der Waals surface area contributed by atoms with Crippen molar-refractivity contribution < 1.29 is 9.15 Å². The number of anilines is 1. The summed E-state index contributed by atoms with van der Waals surface area (Å²) in [6.07, 6.45) is 0. The molecule has 0 bridgehead atoms. The fourth-order valence-corrected chi connectivity index (χ4v) is 1.39. The number of hydrogen-bond acceptors (Lipinski definition) is 6. The van der Waals surface area contributed by atoms with Gasteiger partial charge in [0.25, 0.3) is 0 Å². The summed E-state index contributed by atoms with van der Waals surface area (Å²) in [7, 11) is 1.91. The Labute approximate surface area is 102 Å². The predicted molar refractivity (Wildman–Crippen MR) is 66.2 cm³/mol. The van der Waals surface area contributed by atoms with Crippen LogP contribution >= 0.6 is 0 Å². The molecule has 1 unspecified atom stereocenters. The van der Waals surface area contributed by atoms with Crippen LogP contribution in [0.15, 0.2) is 4.42 Å². The van der Waals surface area contributed by atoms with Gasteiger partial charge in [-0.2, -0.15) is 0 Å². The Bertz CT molecular complexity index is 316. The third-order valence-electron chi connectivity index (χ3n) is 2.41. The highest BCUT2D eigenvalue weighted by molar-refractivity contribution is 5.21. The van der Waals surface area contributed by atoms with Crippen molar-refractivity contribution >= 4 is 6.01 Å². The topological polar surface area (TPSA) is 63.4 Å². The molecule has 0 saturated heterocycles. The Balaban J connectivity index is 2.48. The summed E-state index contributed by atoms with van der Waals surface area (Å²) < 4.78 is 10.9. The molecule has 0 fully saturated rings. The van der Waals surface area contributed by atoms with E-state index < -0.39 is 0 Å². The molecule has 6 heteroatoms. The van der Waals surface area contributed by atoms with Crippen LogP contribution in [0.5, 0.6) is 0 Å². The van der Waals surface area contributed by atoms with Gasteiger partial charge in [-0.25, -0.2) is 0 Å². The van der Waals surface area contributed by atoms with Gasteiger partial charge >= 0.3 is 6.01 Å². The second-order valence-corrected chi connectivity index (χ2v) is 3.82. The van der Waals surface area contributed by atoms with E-state index in [9.17, 15) is 0 Å². The van der Waals surface area contributed by atoms with E-state index >= 15 is 0 Å². The van der Waals surface area contributed by atoms with Crippen LogP contribution in [-0.4, -0.2) is 43.5 Å². The molecule has 1 atom stereocenters. The molecular formula is C11H22N4O2. The van der Waals surface area contributed by atoms with Crippen molar-refractivity contribution in [3.8, 4) is 0 Å². The Morgan fingerprint density at radius 1 is 1.41 bits per heavy atom. The first kappa shape index (κ1) is 13.9. The zero-order valence-electron chi connectivity index (χ0n) is 11.1. The lowest BCUT2D eigenvalue weighted by molar-refractivity contribution is 0.154. The second-order valence-electron chi connectivity index (χ2n) is 3.82. The smallest absolute Gasteiger partial charge is 0.318 e. The molecule has 0 aliphatic rings. The number of ether oxygens (including phenoxy) is 1. The monoisotopic (exact) mass is 242 g/mol. The highest BCUT2D eigenvalue weighted by atomic mass is 16.5. The van der Waals surface area contributed by atoms with Gasteiger partial charge in [-0.05, 0) is 20.4 Å². The van der Waals surface area contributed by atoms with Crippen LogP contribution in [0.4, 0.5) is 6.01 Å². The molecule has 98 valence electrons. The van der Waals surface area contributed by atoms with Crippen molar-refractivity contribution in [2.75, 3.05) is 38.3 Å². The third-order valence-corrected chi connectivity index (χ3v) is 2.41. The molecule has 0 amide bonds. The number of hydrogen-bond donors (Lipinski definition) is 1. The van der Waals surface area contributed by atoms with Crippen LogP contribution in [0.2, 0.25) is 0 Å². The Hall–Kier alpha value is -1.14. The first-order valence-electron chi connectivity index (χ1n) is 6.04. The van der Waals surface area contributed by atoms with E-state index in [1.807, 2.05) is 32.7 Å². The van der Waals surface area contributed by atoms with Gasteiger partial charge in [-0.3, -0.25) is 0 Å². The van der Waals surface area contributed by atoms with Gasteiger partial charge in [0, 0.05) is 20.2 Å². The van der Waals surface area contributed by atoms with Crippen molar-refractivity contribution in [2.24, 2.45) is 0 Å². The summed E-state index contributed by atoms with van der Waals surface area (Å²) >= 11 is 0. The summed E-state index contributed by atoms with van der Waals surface area (Å²) in [5, 5.41) is 11.3. The average Bonchev–Trinajstić information content (AvgIpc) is 2.79. The molecular weight excluding hydrogens is 220 g/mol. The van der Waals surface area contributed by atoms with Gasteiger partial charge in [-0.1, -0.05) is 12.0 Å². The van der Waals surface area contributed by atoms with Crippen molar-refractivity contribution in [1.82, 2.24) is 15.5 Å². The minimum atomic E-state index is 0.0848. The molecule has 0 radical (unpaired) electrons. The van der Waals surface area contributed by atoms with Crippen LogP contribution < -0.4 is 10.2 Å². The molecule has 1 aromatic rings. The molecule has 0 aliphatic carbocycles. The maximum atomic E-state index is 5.58. The molecule has 0 aliphatic heterocycles. The van der Waals surface area contributed by atoms with Crippen LogP contribution in [0.1, 0.15) is 32.7 Å². The molecule has 1 aromatic heterocycles. The number of aromatic nitrogens is 2. The standard InChI is InChI=1S/C11H22N4O2/c1-5-12-9(3)10-13-14-11(17-10)15(4)7-8-16-6-2/h9,12H,5-8H2,1-4H3. The van der Waals surface area contributed by atoms with E-state index in [1.165, 1.54) is 0 Å². The van der Waals surface area contributed by atoms with Gasteiger partial charge in [0.1, 0.15) is 0 Å². The fraction of sp³-hybridized carbons (Fsp3) is 0.818. The lowest BCUT2D eigenvalue weighted by Gasteiger charge is -2.13. The van der Waals surface area contributed by atoms with Gasteiger partial charge in [0.15, 0.2) is 0 Å². The van der Waals surface area contributed by atoms with Gasteiger partial charge in [-0.15, -0.1) is 5.10 Å². The van der Waals surface area contributed by atoms with Crippen molar-refractivity contribution in [3.63, 3.8) is 0 Å². The molecule has 17 heavy (non-hydrogen) atoms. The predicted octanol–water partition coefficient (Wildman–Crippen LogP) is 1.21. The maximum absolute atomic E-state index is 5.58. The zero-order valence-corrected chi connectivity index (χ0v) is 11.1. The highest BCUT2D eigenvalue weighted by Gasteiger charge is 2.14. The highest BCUT2D eigenvalue weighted by Crippen LogP contribution is 2.15. The van der Waals surface area contributed by atoms with E-state index in [2.05, 4.69) is 15.5 Å². The summed E-state index contributed by atoms with van der Waals surface area (Å²) in [6, 6.07) is 0.617. The van der Waals surface area contributed by atoms with E-state index in [1.54, 1.807) is 0 Å². The van der Waals surface area contributed by atoms with E-state index in [-0.39, 0.29) is 6.04 Å². The number of nitrogens with zero attached hydrogens (tertiary/aromatic N) is 3. The first-order valence-corrected chi connectivity index (χ1v) is 6.04. The van der Waals surface area contributed by atoms with Crippen molar-refractivity contribution in [1.29, 1.82) is 0 Å². The van der Waals surface area contributed by atoms with E-state index in [4.69, 9.17) is 9.15 Å². The van der Waals surface area contributed by atoms with Crippen LogP contribution in [0, 0.1) is 0 Å². The lowest BCUT2D eigenvalue weighted by Crippen LogP contribution is -2.22. The van der Waals surface area contributed by atoms with E-state index in [0.717, 1.165) is 19.7 Å². The normalized spacial score (nSPS) is 12.7.